The van der Waals surface area contributed by atoms with Crippen molar-refractivity contribution in [2.24, 2.45) is 0 Å². The van der Waals surface area contributed by atoms with Crippen LogP contribution in [0, 0.1) is 0 Å². The van der Waals surface area contributed by atoms with Crippen molar-refractivity contribution in [2.75, 3.05) is 13.2 Å². The Balaban J connectivity index is 4.32. The third kappa shape index (κ3) is 54.2. The summed E-state index contributed by atoms with van der Waals surface area (Å²) < 4.78 is 16.8. The molecule has 0 rings (SSSR count). The van der Waals surface area contributed by atoms with Crippen molar-refractivity contribution in [3.8, 4) is 0 Å². The maximum absolute atomic E-state index is 12.8. The molecule has 0 aromatic heterocycles. The van der Waals surface area contributed by atoms with Crippen LogP contribution in [0.3, 0.4) is 0 Å². The van der Waals surface area contributed by atoms with Gasteiger partial charge in [0.15, 0.2) is 6.10 Å². The monoisotopic (exact) mass is 939 g/mol. The molecule has 0 N–H and O–H groups in total. The molecule has 0 amide bonds. The standard InChI is InChI=1S/C61H110O6/c1-4-7-10-13-16-19-22-25-27-28-29-30-31-32-34-36-39-42-45-48-51-54-60(63)66-57-58(56-65-59(62)53-50-47-44-41-38-35-24-21-18-15-12-9-6-3)67-61(64)55-52-49-46-43-40-37-33-26-23-20-17-14-11-8-5-2/h9,12,18,21,28-29,35,38,58H,4-8,10-11,13-17,19-20,22-27,30-34,36-37,39-57H2,1-3H3/b12-9-,21-18-,29-28-,38-35-. The van der Waals surface area contributed by atoms with Gasteiger partial charge >= 0.3 is 17.9 Å². The Morgan fingerprint density at radius 2 is 0.582 bits per heavy atom. The number of carbonyl (C=O) groups is 3. The maximum atomic E-state index is 12.8. The van der Waals surface area contributed by atoms with Crippen LogP contribution in [0.15, 0.2) is 48.6 Å². The molecular weight excluding hydrogens is 829 g/mol. The predicted molar refractivity (Wildman–Crippen MR) is 289 cm³/mol. The lowest BCUT2D eigenvalue weighted by Crippen LogP contribution is -2.30. The lowest BCUT2D eigenvalue weighted by molar-refractivity contribution is -0.167. The zero-order valence-corrected chi connectivity index (χ0v) is 44.7. The molecule has 0 aromatic carbocycles. The van der Waals surface area contributed by atoms with Crippen LogP contribution in [0.2, 0.25) is 0 Å². The Labute approximate surface area is 416 Å². The molecule has 0 aromatic rings. The van der Waals surface area contributed by atoms with Gasteiger partial charge in [0, 0.05) is 19.3 Å². The van der Waals surface area contributed by atoms with Crippen molar-refractivity contribution in [1.82, 2.24) is 0 Å². The van der Waals surface area contributed by atoms with Gasteiger partial charge in [0.2, 0.25) is 0 Å². The lowest BCUT2D eigenvalue weighted by atomic mass is 10.0. The molecule has 0 fully saturated rings. The largest absolute Gasteiger partial charge is 0.462 e. The molecule has 0 saturated carbocycles. The number of rotatable bonds is 53. The number of hydrogen-bond donors (Lipinski definition) is 0. The van der Waals surface area contributed by atoms with Gasteiger partial charge in [-0.25, -0.2) is 0 Å². The van der Waals surface area contributed by atoms with E-state index < -0.39 is 6.10 Å². The SMILES string of the molecule is CC/C=C\C/C=C\C/C=C\CCCCCC(=O)OCC(COC(=O)CCCCCCCCCCC/C=C\CCCCCCCCCC)OC(=O)CCCCCCCCCCCCCCCCC. The normalized spacial score (nSPS) is 12.3. The van der Waals surface area contributed by atoms with Crippen LogP contribution < -0.4 is 0 Å². The summed E-state index contributed by atoms with van der Waals surface area (Å²) in [5.74, 6) is -0.898. The lowest BCUT2D eigenvalue weighted by Gasteiger charge is -2.18. The fourth-order valence-corrected chi connectivity index (χ4v) is 8.45. The van der Waals surface area contributed by atoms with Gasteiger partial charge in [-0.2, -0.15) is 0 Å². The van der Waals surface area contributed by atoms with Gasteiger partial charge in [0.05, 0.1) is 0 Å². The topological polar surface area (TPSA) is 78.9 Å². The molecule has 0 bridgehead atoms. The second-order valence-electron chi connectivity index (χ2n) is 19.5. The van der Waals surface area contributed by atoms with Crippen molar-refractivity contribution in [1.29, 1.82) is 0 Å². The van der Waals surface area contributed by atoms with Gasteiger partial charge < -0.3 is 14.2 Å². The molecule has 6 heteroatoms. The van der Waals surface area contributed by atoms with Crippen molar-refractivity contribution in [3.63, 3.8) is 0 Å². The van der Waals surface area contributed by atoms with Crippen LogP contribution in [0.4, 0.5) is 0 Å². The van der Waals surface area contributed by atoms with E-state index in [1.807, 2.05) is 0 Å². The Morgan fingerprint density at radius 1 is 0.313 bits per heavy atom. The Morgan fingerprint density at radius 3 is 0.940 bits per heavy atom. The van der Waals surface area contributed by atoms with Gasteiger partial charge in [-0.3, -0.25) is 14.4 Å². The minimum absolute atomic E-state index is 0.0806. The zero-order valence-electron chi connectivity index (χ0n) is 44.7. The first-order valence-electron chi connectivity index (χ1n) is 29.1. The van der Waals surface area contributed by atoms with Gasteiger partial charge in [-0.05, 0) is 77.0 Å². The molecule has 1 unspecified atom stereocenters. The van der Waals surface area contributed by atoms with E-state index in [0.29, 0.717) is 19.3 Å². The summed E-state index contributed by atoms with van der Waals surface area (Å²) in [7, 11) is 0. The summed E-state index contributed by atoms with van der Waals surface area (Å²) in [6.07, 6.45) is 68.2. The highest BCUT2D eigenvalue weighted by molar-refractivity contribution is 5.71. The first kappa shape index (κ1) is 64.4. The molecule has 390 valence electrons. The van der Waals surface area contributed by atoms with Gasteiger partial charge in [0.25, 0.3) is 0 Å². The van der Waals surface area contributed by atoms with Crippen molar-refractivity contribution in [3.05, 3.63) is 48.6 Å². The molecular formula is C61H110O6. The van der Waals surface area contributed by atoms with E-state index in [4.69, 9.17) is 14.2 Å². The third-order valence-corrected chi connectivity index (χ3v) is 12.8. The average Bonchev–Trinajstić information content (AvgIpc) is 3.33. The van der Waals surface area contributed by atoms with Crippen LogP contribution in [-0.4, -0.2) is 37.2 Å². The first-order valence-corrected chi connectivity index (χ1v) is 29.1. The number of allylic oxidation sites excluding steroid dienone is 8. The average molecular weight is 940 g/mol. The van der Waals surface area contributed by atoms with Crippen LogP contribution in [0.1, 0.15) is 303 Å². The molecule has 0 heterocycles. The summed E-state index contributed by atoms with van der Waals surface area (Å²) >= 11 is 0. The van der Waals surface area contributed by atoms with E-state index in [0.717, 1.165) is 83.5 Å². The van der Waals surface area contributed by atoms with E-state index in [1.54, 1.807) is 0 Å². The summed E-state index contributed by atoms with van der Waals surface area (Å²) in [6, 6.07) is 0. The van der Waals surface area contributed by atoms with E-state index in [9.17, 15) is 14.4 Å². The van der Waals surface area contributed by atoms with Crippen LogP contribution in [-0.2, 0) is 28.6 Å². The second kappa shape index (κ2) is 56.0. The molecule has 0 aliphatic heterocycles. The quantitative estimate of drug-likeness (QED) is 0.0262. The predicted octanol–water partition coefficient (Wildman–Crippen LogP) is 19.4. The highest BCUT2D eigenvalue weighted by Crippen LogP contribution is 2.16. The van der Waals surface area contributed by atoms with Crippen LogP contribution in [0.5, 0.6) is 0 Å². The molecule has 0 spiro atoms. The van der Waals surface area contributed by atoms with Gasteiger partial charge in [-0.1, -0.05) is 256 Å². The fraction of sp³-hybridized carbons (Fsp3) is 0.820. The number of ether oxygens (including phenoxy) is 3. The number of esters is 3. The van der Waals surface area contributed by atoms with Gasteiger partial charge in [-0.15, -0.1) is 0 Å². The Bertz CT molecular complexity index is 1170. The summed E-state index contributed by atoms with van der Waals surface area (Å²) in [6.45, 7) is 6.53. The van der Waals surface area contributed by atoms with Crippen molar-refractivity contribution < 1.29 is 28.6 Å². The molecule has 0 aliphatic carbocycles. The van der Waals surface area contributed by atoms with Crippen LogP contribution >= 0.6 is 0 Å². The van der Waals surface area contributed by atoms with Crippen molar-refractivity contribution in [2.45, 2.75) is 309 Å². The zero-order chi connectivity index (χ0) is 48.6. The summed E-state index contributed by atoms with van der Waals surface area (Å²) in [4.78, 5) is 38.1. The molecule has 0 aliphatic rings. The maximum Gasteiger partial charge on any atom is 0.306 e. The summed E-state index contributed by atoms with van der Waals surface area (Å²) in [5.41, 5.74) is 0. The fourth-order valence-electron chi connectivity index (χ4n) is 8.45. The first-order chi connectivity index (χ1) is 33.0. The number of carbonyl (C=O) groups excluding carboxylic acids is 3. The smallest absolute Gasteiger partial charge is 0.306 e. The van der Waals surface area contributed by atoms with Gasteiger partial charge in [0.1, 0.15) is 13.2 Å². The minimum atomic E-state index is -0.783. The second-order valence-corrected chi connectivity index (χ2v) is 19.5. The Hall–Kier alpha value is -2.63. The molecule has 6 nitrogen and oxygen atoms in total. The third-order valence-electron chi connectivity index (χ3n) is 12.8. The minimum Gasteiger partial charge on any atom is -0.462 e. The van der Waals surface area contributed by atoms with Crippen LogP contribution in [0.25, 0.3) is 0 Å². The molecule has 0 saturated heterocycles. The summed E-state index contributed by atoms with van der Waals surface area (Å²) in [5, 5.41) is 0. The highest BCUT2D eigenvalue weighted by Gasteiger charge is 2.19. The van der Waals surface area contributed by atoms with E-state index >= 15 is 0 Å². The molecule has 0 radical (unpaired) electrons. The Kier molecular flexibility index (Phi) is 53.8. The molecule has 67 heavy (non-hydrogen) atoms. The van der Waals surface area contributed by atoms with E-state index in [2.05, 4.69) is 69.4 Å². The van der Waals surface area contributed by atoms with E-state index in [-0.39, 0.29) is 31.1 Å². The number of unbranched alkanes of at least 4 members (excludes halogenated alkanes) is 34. The number of hydrogen-bond acceptors (Lipinski definition) is 6. The van der Waals surface area contributed by atoms with E-state index in [1.165, 1.54) is 180 Å². The highest BCUT2D eigenvalue weighted by atomic mass is 16.6. The molecule has 1 atom stereocenters. The van der Waals surface area contributed by atoms with Crippen molar-refractivity contribution >= 4 is 17.9 Å².